The molecule has 0 saturated carbocycles. The topological polar surface area (TPSA) is 68.3 Å². The highest BCUT2D eigenvalue weighted by molar-refractivity contribution is 5.67. The van der Waals surface area contributed by atoms with Crippen LogP contribution in [0.5, 0.6) is 11.5 Å². The molecule has 1 aromatic heterocycles. The third kappa shape index (κ3) is 5.85. The predicted molar refractivity (Wildman–Crippen MR) is 118 cm³/mol. The summed E-state index contributed by atoms with van der Waals surface area (Å²) < 4.78 is 11.8. The fourth-order valence-electron chi connectivity index (χ4n) is 2.80. The Labute approximate surface area is 172 Å². The maximum absolute atomic E-state index is 5.89. The zero-order valence-corrected chi connectivity index (χ0v) is 17.6. The van der Waals surface area contributed by atoms with Crippen LogP contribution in [0.1, 0.15) is 33.4 Å². The van der Waals surface area contributed by atoms with Gasteiger partial charge in [-0.2, -0.15) is 4.98 Å². The van der Waals surface area contributed by atoms with Crippen LogP contribution >= 0.6 is 0 Å². The van der Waals surface area contributed by atoms with Crippen molar-refractivity contribution in [3.8, 4) is 11.5 Å². The minimum atomic E-state index is 0.0751. The van der Waals surface area contributed by atoms with Crippen LogP contribution in [0.2, 0.25) is 0 Å². The number of para-hydroxylation sites is 4. The first-order valence-corrected chi connectivity index (χ1v) is 9.82. The molecule has 2 N–H and O–H groups in total. The number of aryl methyl sites for hydroxylation is 1. The lowest BCUT2D eigenvalue weighted by molar-refractivity contribution is 0.243. The molecule has 2 aromatic carbocycles. The minimum Gasteiger partial charge on any atom is -0.489 e. The lowest BCUT2D eigenvalue weighted by Gasteiger charge is -2.17. The monoisotopic (exact) mass is 392 g/mol. The average Bonchev–Trinajstić information content (AvgIpc) is 2.64. The molecule has 6 heteroatoms. The van der Waals surface area contributed by atoms with Crippen molar-refractivity contribution in [2.75, 3.05) is 10.6 Å². The number of benzene rings is 2. The van der Waals surface area contributed by atoms with Gasteiger partial charge < -0.3 is 20.1 Å². The molecule has 3 aromatic rings. The summed E-state index contributed by atoms with van der Waals surface area (Å²) in [7, 11) is 0. The first-order valence-electron chi connectivity index (χ1n) is 9.82. The van der Waals surface area contributed by atoms with E-state index >= 15 is 0 Å². The molecule has 152 valence electrons. The first kappa shape index (κ1) is 20.5. The molecule has 0 aliphatic carbocycles. The highest BCUT2D eigenvalue weighted by atomic mass is 16.5. The van der Waals surface area contributed by atoms with E-state index in [2.05, 4.69) is 20.6 Å². The fourth-order valence-corrected chi connectivity index (χ4v) is 2.80. The lowest BCUT2D eigenvalue weighted by atomic mass is 10.2. The summed E-state index contributed by atoms with van der Waals surface area (Å²) in [5, 5.41) is 6.62. The van der Waals surface area contributed by atoms with Crippen molar-refractivity contribution in [1.29, 1.82) is 0 Å². The van der Waals surface area contributed by atoms with Gasteiger partial charge in [-0.05, 0) is 58.9 Å². The van der Waals surface area contributed by atoms with Crippen molar-refractivity contribution >= 4 is 23.1 Å². The van der Waals surface area contributed by atoms with Crippen molar-refractivity contribution in [3.05, 3.63) is 60.3 Å². The minimum absolute atomic E-state index is 0.0751. The molecular weight excluding hydrogens is 364 g/mol. The SMILES string of the molecule is Cc1cc(Nc2ccccc2OC(C)C)nc(Nc2ccccc2OC(C)C)n1. The first-order chi connectivity index (χ1) is 13.9. The number of hydrogen-bond donors (Lipinski definition) is 2. The summed E-state index contributed by atoms with van der Waals surface area (Å²) in [4.78, 5) is 9.13. The van der Waals surface area contributed by atoms with Crippen LogP contribution in [-0.2, 0) is 0 Å². The van der Waals surface area contributed by atoms with Crippen LogP contribution in [0.25, 0.3) is 0 Å². The van der Waals surface area contributed by atoms with Gasteiger partial charge in [0.15, 0.2) is 0 Å². The second-order valence-electron chi connectivity index (χ2n) is 7.29. The molecule has 0 aliphatic heterocycles. The second-order valence-corrected chi connectivity index (χ2v) is 7.29. The number of nitrogens with one attached hydrogen (secondary N) is 2. The number of hydrogen-bond acceptors (Lipinski definition) is 6. The van der Waals surface area contributed by atoms with E-state index in [1.54, 1.807) is 0 Å². The Bertz CT molecular complexity index is 883. The summed E-state index contributed by atoms with van der Waals surface area (Å²) >= 11 is 0. The van der Waals surface area contributed by atoms with Gasteiger partial charge in [-0.3, -0.25) is 0 Å². The third-order valence-electron chi connectivity index (χ3n) is 3.86. The molecule has 0 atom stereocenters. The van der Waals surface area contributed by atoms with Crippen molar-refractivity contribution in [1.82, 2.24) is 9.97 Å². The number of nitrogens with zero attached hydrogens (tertiary/aromatic N) is 2. The van der Waals surface area contributed by atoms with E-state index < -0.39 is 0 Å². The molecule has 1 heterocycles. The third-order valence-corrected chi connectivity index (χ3v) is 3.86. The molecule has 0 fully saturated rings. The molecule has 0 aliphatic rings. The highest BCUT2D eigenvalue weighted by Crippen LogP contribution is 2.30. The molecule has 0 radical (unpaired) electrons. The smallest absolute Gasteiger partial charge is 0.229 e. The van der Waals surface area contributed by atoms with E-state index in [9.17, 15) is 0 Å². The van der Waals surface area contributed by atoms with Gasteiger partial charge in [0.1, 0.15) is 17.3 Å². The molecule has 3 rings (SSSR count). The molecule has 0 unspecified atom stereocenters. The van der Waals surface area contributed by atoms with Gasteiger partial charge in [0.05, 0.1) is 23.6 Å². The van der Waals surface area contributed by atoms with Gasteiger partial charge in [0.2, 0.25) is 5.95 Å². The zero-order chi connectivity index (χ0) is 20.8. The summed E-state index contributed by atoms with van der Waals surface area (Å²) in [6, 6.07) is 17.5. The van der Waals surface area contributed by atoms with Crippen molar-refractivity contribution in [2.24, 2.45) is 0 Å². The summed E-state index contributed by atoms with van der Waals surface area (Å²) in [6.45, 7) is 9.94. The zero-order valence-electron chi connectivity index (χ0n) is 17.6. The number of aromatic nitrogens is 2. The molecule has 29 heavy (non-hydrogen) atoms. The Morgan fingerprint density at radius 3 is 1.79 bits per heavy atom. The van der Waals surface area contributed by atoms with Crippen molar-refractivity contribution < 1.29 is 9.47 Å². The van der Waals surface area contributed by atoms with E-state index in [0.717, 1.165) is 28.6 Å². The van der Waals surface area contributed by atoms with Crippen molar-refractivity contribution in [2.45, 2.75) is 46.8 Å². The lowest BCUT2D eigenvalue weighted by Crippen LogP contribution is -2.09. The van der Waals surface area contributed by atoms with E-state index in [1.807, 2.05) is 89.2 Å². The van der Waals surface area contributed by atoms with E-state index in [4.69, 9.17) is 9.47 Å². The molecule has 0 amide bonds. The Kier molecular flexibility index (Phi) is 6.54. The van der Waals surface area contributed by atoms with Gasteiger partial charge >= 0.3 is 0 Å². The number of rotatable bonds is 8. The Balaban J connectivity index is 1.85. The largest absolute Gasteiger partial charge is 0.489 e. The number of ether oxygens (including phenoxy) is 2. The summed E-state index contributed by atoms with van der Waals surface area (Å²) in [5.74, 6) is 2.72. The normalized spacial score (nSPS) is 10.9. The molecule has 0 saturated heterocycles. The van der Waals surface area contributed by atoms with Crippen LogP contribution in [0.15, 0.2) is 54.6 Å². The Morgan fingerprint density at radius 1 is 0.724 bits per heavy atom. The molecule has 0 spiro atoms. The van der Waals surface area contributed by atoms with E-state index in [0.29, 0.717) is 11.8 Å². The number of anilines is 4. The van der Waals surface area contributed by atoms with Crippen LogP contribution < -0.4 is 20.1 Å². The predicted octanol–water partition coefficient (Wildman–Crippen LogP) is 5.85. The van der Waals surface area contributed by atoms with E-state index in [1.165, 1.54) is 0 Å². The summed E-state index contributed by atoms with van der Waals surface area (Å²) in [6.07, 6.45) is 0.158. The average molecular weight is 393 g/mol. The van der Waals surface area contributed by atoms with Crippen LogP contribution in [0, 0.1) is 6.92 Å². The van der Waals surface area contributed by atoms with Crippen LogP contribution in [0.4, 0.5) is 23.1 Å². The van der Waals surface area contributed by atoms with E-state index in [-0.39, 0.29) is 12.2 Å². The maximum Gasteiger partial charge on any atom is 0.229 e. The standard InChI is InChI=1S/C23H28N4O2/c1-15(2)28-20-12-8-6-10-18(20)25-22-14-17(5)24-23(27-22)26-19-11-7-9-13-21(19)29-16(3)4/h6-16H,1-5H3,(H2,24,25,26,27). The summed E-state index contributed by atoms with van der Waals surface area (Å²) in [5.41, 5.74) is 2.52. The molecular formula is C23H28N4O2. The van der Waals surface area contributed by atoms with Gasteiger partial charge in [-0.25, -0.2) is 4.98 Å². The second kappa shape index (κ2) is 9.28. The Morgan fingerprint density at radius 2 is 1.24 bits per heavy atom. The van der Waals surface area contributed by atoms with Crippen LogP contribution in [-0.4, -0.2) is 22.2 Å². The highest BCUT2D eigenvalue weighted by Gasteiger charge is 2.10. The van der Waals surface area contributed by atoms with Crippen LogP contribution in [0.3, 0.4) is 0 Å². The Hall–Kier alpha value is -3.28. The van der Waals surface area contributed by atoms with Crippen molar-refractivity contribution in [3.63, 3.8) is 0 Å². The van der Waals surface area contributed by atoms with Gasteiger partial charge in [0, 0.05) is 11.8 Å². The van der Waals surface area contributed by atoms with Gasteiger partial charge in [-0.15, -0.1) is 0 Å². The quantitative estimate of drug-likeness (QED) is 0.501. The molecule has 0 bridgehead atoms. The van der Waals surface area contributed by atoms with Gasteiger partial charge in [0.25, 0.3) is 0 Å². The maximum atomic E-state index is 5.89. The van der Waals surface area contributed by atoms with Gasteiger partial charge in [-0.1, -0.05) is 24.3 Å². The fraction of sp³-hybridized carbons (Fsp3) is 0.304. The molecule has 6 nitrogen and oxygen atoms in total.